The zero-order valence-corrected chi connectivity index (χ0v) is 9.41. The van der Waals surface area contributed by atoms with Crippen molar-refractivity contribution in [3.63, 3.8) is 0 Å². The van der Waals surface area contributed by atoms with Crippen molar-refractivity contribution in [1.29, 1.82) is 0 Å². The molecule has 82 valence electrons. The highest BCUT2D eigenvalue weighted by Gasteiger charge is 2.34. The molecule has 3 heteroatoms. The van der Waals surface area contributed by atoms with Crippen LogP contribution in [0.25, 0.3) is 0 Å². The molecule has 0 aromatic heterocycles. The van der Waals surface area contributed by atoms with E-state index < -0.39 is 0 Å². The SMILES string of the molecule is CCC(C)N1CC(N2CCOCC2)C1. The van der Waals surface area contributed by atoms with Gasteiger partial charge in [0.25, 0.3) is 0 Å². The van der Waals surface area contributed by atoms with Crippen molar-refractivity contribution in [1.82, 2.24) is 9.80 Å². The van der Waals surface area contributed by atoms with Gasteiger partial charge in [-0.3, -0.25) is 9.80 Å². The summed E-state index contributed by atoms with van der Waals surface area (Å²) in [6.07, 6.45) is 1.27. The van der Waals surface area contributed by atoms with Crippen molar-refractivity contribution in [2.45, 2.75) is 32.4 Å². The van der Waals surface area contributed by atoms with Crippen molar-refractivity contribution in [3.8, 4) is 0 Å². The zero-order valence-electron chi connectivity index (χ0n) is 9.41. The first kappa shape index (κ1) is 10.4. The maximum Gasteiger partial charge on any atom is 0.0594 e. The topological polar surface area (TPSA) is 15.7 Å². The highest BCUT2D eigenvalue weighted by Crippen LogP contribution is 2.19. The summed E-state index contributed by atoms with van der Waals surface area (Å²) in [5.41, 5.74) is 0. The molecule has 0 saturated carbocycles. The number of hydrogen-bond donors (Lipinski definition) is 0. The number of nitrogens with zero attached hydrogens (tertiary/aromatic N) is 2. The summed E-state index contributed by atoms with van der Waals surface area (Å²) in [5.74, 6) is 0. The molecule has 2 saturated heterocycles. The van der Waals surface area contributed by atoms with Crippen LogP contribution in [0, 0.1) is 0 Å². The van der Waals surface area contributed by atoms with Crippen molar-refractivity contribution in [3.05, 3.63) is 0 Å². The van der Waals surface area contributed by atoms with Crippen molar-refractivity contribution >= 4 is 0 Å². The largest absolute Gasteiger partial charge is 0.379 e. The van der Waals surface area contributed by atoms with Crippen LogP contribution in [0.4, 0.5) is 0 Å². The summed E-state index contributed by atoms with van der Waals surface area (Å²) < 4.78 is 5.36. The Bertz CT molecular complexity index is 174. The van der Waals surface area contributed by atoms with Gasteiger partial charge in [-0.1, -0.05) is 6.92 Å². The van der Waals surface area contributed by atoms with Crippen LogP contribution in [0.1, 0.15) is 20.3 Å². The third kappa shape index (κ3) is 2.10. The second-order valence-corrected chi connectivity index (χ2v) is 4.51. The minimum Gasteiger partial charge on any atom is -0.379 e. The van der Waals surface area contributed by atoms with Crippen molar-refractivity contribution in [2.75, 3.05) is 39.4 Å². The van der Waals surface area contributed by atoms with Gasteiger partial charge in [0.05, 0.1) is 13.2 Å². The van der Waals surface area contributed by atoms with E-state index in [0.717, 1.165) is 38.4 Å². The number of morpholine rings is 1. The highest BCUT2D eigenvalue weighted by atomic mass is 16.5. The van der Waals surface area contributed by atoms with Gasteiger partial charge < -0.3 is 4.74 Å². The molecule has 1 atom stereocenters. The fourth-order valence-electron chi connectivity index (χ4n) is 2.28. The molecule has 0 N–H and O–H groups in total. The summed E-state index contributed by atoms with van der Waals surface area (Å²) in [4.78, 5) is 5.17. The lowest BCUT2D eigenvalue weighted by molar-refractivity contribution is -0.0432. The molecule has 3 nitrogen and oxygen atoms in total. The van der Waals surface area contributed by atoms with E-state index in [1.807, 2.05) is 0 Å². The molecule has 2 fully saturated rings. The average molecular weight is 198 g/mol. The van der Waals surface area contributed by atoms with Crippen molar-refractivity contribution < 1.29 is 4.74 Å². The molecule has 0 bridgehead atoms. The summed E-state index contributed by atoms with van der Waals surface area (Å²) in [7, 11) is 0. The standard InChI is InChI=1S/C11H22N2O/c1-3-10(2)13-8-11(9-13)12-4-6-14-7-5-12/h10-11H,3-9H2,1-2H3. The van der Waals surface area contributed by atoms with Crippen LogP contribution in [-0.4, -0.2) is 61.3 Å². The first-order valence-electron chi connectivity index (χ1n) is 5.87. The Balaban J connectivity index is 1.71. The van der Waals surface area contributed by atoms with Crippen LogP contribution in [-0.2, 0) is 4.74 Å². The first-order chi connectivity index (χ1) is 6.81. The second kappa shape index (κ2) is 4.60. The van der Waals surface area contributed by atoms with Gasteiger partial charge in [-0.15, -0.1) is 0 Å². The van der Waals surface area contributed by atoms with E-state index in [1.165, 1.54) is 19.5 Å². The lowest BCUT2D eigenvalue weighted by Gasteiger charge is -2.49. The number of rotatable bonds is 3. The Kier molecular flexibility index (Phi) is 3.42. The molecule has 2 aliphatic rings. The van der Waals surface area contributed by atoms with Gasteiger partial charge in [0.1, 0.15) is 0 Å². The average Bonchev–Trinajstić information content (AvgIpc) is 2.17. The Morgan fingerprint density at radius 3 is 2.50 bits per heavy atom. The summed E-state index contributed by atoms with van der Waals surface area (Å²) in [6, 6.07) is 1.58. The molecule has 0 radical (unpaired) electrons. The Labute approximate surface area is 87.0 Å². The molecule has 0 spiro atoms. The van der Waals surface area contributed by atoms with E-state index in [1.54, 1.807) is 0 Å². The predicted molar refractivity (Wildman–Crippen MR) is 57.5 cm³/mol. The summed E-state index contributed by atoms with van der Waals surface area (Å²) in [6.45, 7) is 11.3. The van der Waals surface area contributed by atoms with E-state index in [2.05, 4.69) is 23.6 Å². The van der Waals surface area contributed by atoms with E-state index >= 15 is 0 Å². The minimum atomic E-state index is 0.771. The third-order valence-electron chi connectivity index (χ3n) is 3.67. The zero-order chi connectivity index (χ0) is 9.97. The third-order valence-corrected chi connectivity index (χ3v) is 3.67. The lowest BCUT2D eigenvalue weighted by atomic mass is 10.0. The fraction of sp³-hybridized carbons (Fsp3) is 1.00. The van der Waals surface area contributed by atoms with Crippen LogP contribution < -0.4 is 0 Å². The molecular formula is C11H22N2O. The first-order valence-corrected chi connectivity index (χ1v) is 5.87. The molecule has 0 amide bonds. The monoisotopic (exact) mass is 198 g/mol. The second-order valence-electron chi connectivity index (χ2n) is 4.51. The Morgan fingerprint density at radius 2 is 1.93 bits per heavy atom. The summed E-state index contributed by atoms with van der Waals surface area (Å²) >= 11 is 0. The Morgan fingerprint density at radius 1 is 1.29 bits per heavy atom. The van der Waals surface area contributed by atoms with Crippen LogP contribution in [0.5, 0.6) is 0 Å². The number of likely N-dealkylation sites (tertiary alicyclic amines) is 1. The van der Waals surface area contributed by atoms with Gasteiger partial charge in [0.15, 0.2) is 0 Å². The fourth-order valence-corrected chi connectivity index (χ4v) is 2.28. The van der Waals surface area contributed by atoms with E-state index in [9.17, 15) is 0 Å². The van der Waals surface area contributed by atoms with Gasteiger partial charge in [0.2, 0.25) is 0 Å². The predicted octanol–water partition coefficient (Wildman–Crippen LogP) is 0.801. The summed E-state index contributed by atoms with van der Waals surface area (Å²) in [5, 5.41) is 0. The van der Waals surface area contributed by atoms with Crippen molar-refractivity contribution in [2.24, 2.45) is 0 Å². The van der Waals surface area contributed by atoms with Gasteiger partial charge in [-0.05, 0) is 13.3 Å². The number of hydrogen-bond acceptors (Lipinski definition) is 3. The lowest BCUT2D eigenvalue weighted by Crippen LogP contribution is -2.63. The molecule has 2 heterocycles. The number of ether oxygens (including phenoxy) is 1. The molecule has 0 aromatic carbocycles. The molecule has 0 aromatic rings. The van der Waals surface area contributed by atoms with Gasteiger partial charge in [-0.25, -0.2) is 0 Å². The van der Waals surface area contributed by atoms with Gasteiger partial charge in [-0.2, -0.15) is 0 Å². The van der Waals surface area contributed by atoms with Crippen LogP contribution in [0.2, 0.25) is 0 Å². The van der Waals surface area contributed by atoms with Crippen LogP contribution in [0.3, 0.4) is 0 Å². The molecule has 2 rings (SSSR count). The molecule has 2 aliphatic heterocycles. The smallest absolute Gasteiger partial charge is 0.0594 e. The highest BCUT2D eigenvalue weighted by molar-refractivity contribution is 4.90. The van der Waals surface area contributed by atoms with Gasteiger partial charge >= 0.3 is 0 Å². The molecular weight excluding hydrogens is 176 g/mol. The quantitative estimate of drug-likeness (QED) is 0.667. The molecule has 0 aliphatic carbocycles. The maximum atomic E-state index is 5.36. The van der Waals surface area contributed by atoms with Crippen LogP contribution in [0.15, 0.2) is 0 Å². The van der Waals surface area contributed by atoms with Crippen LogP contribution >= 0.6 is 0 Å². The Hall–Kier alpha value is -0.120. The molecule has 1 unspecified atom stereocenters. The molecule has 14 heavy (non-hydrogen) atoms. The van der Waals surface area contributed by atoms with E-state index in [0.29, 0.717) is 0 Å². The van der Waals surface area contributed by atoms with E-state index in [4.69, 9.17) is 4.74 Å². The minimum absolute atomic E-state index is 0.771. The van der Waals surface area contributed by atoms with Gasteiger partial charge in [0, 0.05) is 38.3 Å². The normalized spacial score (nSPS) is 28.7. The van der Waals surface area contributed by atoms with E-state index in [-0.39, 0.29) is 0 Å². The maximum absolute atomic E-state index is 5.36.